The molecule has 0 saturated heterocycles. The fraction of sp³-hybridized carbons (Fsp3) is 0.222. The summed E-state index contributed by atoms with van der Waals surface area (Å²) in [5, 5.41) is 11.6. The first-order valence-electron chi connectivity index (χ1n) is 8.03. The highest BCUT2D eigenvalue weighted by Crippen LogP contribution is 2.22. The molecule has 24 heavy (non-hydrogen) atoms. The van der Waals surface area contributed by atoms with E-state index in [-0.39, 0.29) is 0 Å². The molecule has 1 aliphatic heterocycles. The van der Waals surface area contributed by atoms with Crippen molar-refractivity contribution in [1.82, 2.24) is 20.2 Å². The van der Waals surface area contributed by atoms with Gasteiger partial charge in [0.2, 0.25) is 5.95 Å². The maximum absolute atomic E-state index is 4.61. The molecule has 0 amide bonds. The van der Waals surface area contributed by atoms with Crippen molar-refractivity contribution in [3.05, 3.63) is 71.7 Å². The van der Waals surface area contributed by atoms with Crippen molar-refractivity contribution in [3.8, 4) is 0 Å². The lowest BCUT2D eigenvalue weighted by atomic mass is 10.0. The van der Waals surface area contributed by atoms with Crippen molar-refractivity contribution in [2.24, 2.45) is 0 Å². The van der Waals surface area contributed by atoms with Crippen molar-refractivity contribution >= 4 is 11.8 Å². The van der Waals surface area contributed by atoms with Crippen LogP contribution in [0.15, 0.2) is 55.0 Å². The Kier molecular flexibility index (Phi) is 4.02. The Balaban J connectivity index is 1.47. The summed E-state index contributed by atoms with van der Waals surface area (Å²) < 4.78 is 0. The molecule has 6 heteroatoms. The number of nitrogens with zero attached hydrogens (tertiary/aromatic N) is 5. The van der Waals surface area contributed by atoms with Gasteiger partial charge in [-0.1, -0.05) is 24.3 Å². The van der Waals surface area contributed by atoms with Crippen LogP contribution in [0, 0.1) is 0 Å². The number of nitrogens with one attached hydrogen (secondary N) is 1. The first kappa shape index (κ1) is 14.6. The van der Waals surface area contributed by atoms with Gasteiger partial charge in [0.15, 0.2) is 5.82 Å². The molecule has 3 heterocycles. The Bertz CT molecular complexity index is 821. The third-order valence-electron chi connectivity index (χ3n) is 4.18. The zero-order chi connectivity index (χ0) is 16.2. The van der Waals surface area contributed by atoms with Gasteiger partial charge >= 0.3 is 0 Å². The van der Waals surface area contributed by atoms with E-state index < -0.39 is 0 Å². The molecule has 0 spiro atoms. The van der Waals surface area contributed by atoms with Crippen LogP contribution in [0.25, 0.3) is 0 Å². The standard InChI is InChI=1S/C18H18N6/c1-2-4-16-13-24(10-7-15(16)3-1)18-22-17(12-21-23-18)20-11-14-5-8-19-9-6-14/h1-6,8-9,12H,7,10-11,13H2,(H,20,22,23). The van der Waals surface area contributed by atoms with Gasteiger partial charge in [-0.15, -0.1) is 5.10 Å². The largest absolute Gasteiger partial charge is 0.365 e. The number of fused-ring (bicyclic) bond motifs is 1. The van der Waals surface area contributed by atoms with Crippen LogP contribution in [0.5, 0.6) is 0 Å². The summed E-state index contributed by atoms with van der Waals surface area (Å²) in [6.45, 7) is 2.42. The number of benzene rings is 1. The van der Waals surface area contributed by atoms with Gasteiger partial charge in [0.05, 0.1) is 6.20 Å². The molecule has 0 saturated carbocycles. The summed E-state index contributed by atoms with van der Waals surface area (Å²) in [5.41, 5.74) is 3.90. The Morgan fingerprint density at radius 2 is 1.88 bits per heavy atom. The summed E-state index contributed by atoms with van der Waals surface area (Å²) in [7, 11) is 0. The van der Waals surface area contributed by atoms with E-state index in [9.17, 15) is 0 Å². The number of anilines is 2. The molecule has 0 unspecified atom stereocenters. The number of rotatable bonds is 4. The normalized spacial score (nSPS) is 13.4. The highest BCUT2D eigenvalue weighted by molar-refractivity contribution is 5.43. The van der Waals surface area contributed by atoms with Crippen LogP contribution in [0.3, 0.4) is 0 Å². The van der Waals surface area contributed by atoms with Crippen LogP contribution >= 0.6 is 0 Å². The fourth-order valence-electron chi connectivity index (χ4n) is 2.87. The van der Waals surface area contributed by atoms with Crippen molar-refractivity contribution in [1.29, 1.82) is 0 Å². The maximum atomic E-state index is 4.61. The smallest absolute Gasteiger partial charge is 0.247 e. The van der Waals surface area contributed by atoms with Gasteiger partial charge in [0, 0.05) is 32.0 Å². The molecular formula is C18H18N6. The van der Waals surface area contributed by atoms with Crippen molar-refractivity contribution < 1.29 is 0 Å². The molecule has 0 atom stereocenters. The van der Waals surface area contributed by atoms with Crippen LogP contribution in [0.4, 0.5) is 11.8 Å². The molecule has 120 valence electrons. The average Bonchev–Trinajstić information content (AvgIpc) is 2.67. The summed E-state index contributed by atoms with van der Waals surface area (Å²) in [6, 6.07) is 12.5. The molecular weight excluding hydrogens is 300 g/mol. The first-order valence-corrected chi connectivity index (χ1v) is 8.03. The van der Waals surface area contributed by atoms with Crippen molar-refractivity contribution in [2.45, 2.75) is 19.5 Å². The minimum Gasteiger partial charge on any atom is -0.365 e. The predicted octanol–water partition coefficient (Wildman–Crippen LogP) is 2.44. The van der Waals surface area contributed by atoms with Crippen LogP contribution in [-0.2, 0) is 19.5 Å². The fourth-order valence-corrected chi connectivity index (χ4v) is 2.87. The molecule has 0 fully saturated rings. The second-order valence-electron chi connectivity index (χ2n) is 5.79. The molecule has 1 N–H and O–H groups in total. The maximum Gasteiger partial charge on any atom is 0.247 e. The Hall–Kier alpha value is -3.02. The van der Waals surface area contributed by atoms with Crippen LogP contribution in [0.1, 0.15) is 16.7 Å². The second kappa shape index (κ2) is 6.62. The van der Waals surface area contributed by atoms with E-state index in [1.54, 1.807) is 18.6 Å². The molecule has 6 nitrogen and oxygen atoms in total. The Labute approximate surface area is 140 Å². The van der Waals surface area contributed by atoms with E-state index in [0.717, 1.165) is 30.9 Å². The highest BCUT2D eigenvalue weighted by Gasteiger charge is 2.18. The third-order valence-corrected chi connectivity index (χ3v) is 4.18. The lowest BCUT2D eigenvalue weighted by Crippen LogP contribution is -2.32. The van der Waals surface area contributed by atoms with Gasteiger partial charge in [0.25, 0.3) is 0 Å². The van der Waals surface area contributed by atoms with Gasteiger partial charge < -0.3 is 10.2 Å². The number of hydrogen-bond acceptors (Lipinski definition) is 6. The van der Waals surface area contributed by atoms with E-state index in [1.165, 1.54) is 11.1 Å². The second-order valence-corrected chi connectivity index (χ2v) is 5.79. The van der Waals surface area contributed by atoms with Gasteiger partial charge in [-0.25, -0.2) is 0 Å². The third kappa shape index (κ3) is 3.17. The predicted molar refractivity (Wildman–Crippen MR) is 92.6 cm³/mol. The van der Waals surface area contributed by atoms with Gasteiger partial charge in [-0.05, 0) is 35.2 Å². The molecule has 1 aliphatic rings. The molecule has 3 aromatic rings. The van der Waals surface area contributed by atoms with Crippen LogP contribution in [0.2, 0.25) is 0 Å². The topological polar surface area (TPSA) is 66.8 Å². The summed E-state index contributed by atoms with van der Waals surface area (Å²) in [5.74, 6) is 1.40. The highest BCUT2D eigenvalue weighted by atomic mass is 15.3. The quantitative estimate of drug-likeness (QED) is 0.797. The Morgan fingerprint density at radius 1 is 1.04 bits per heavy atom. The lowest BCUT2D eigenvalue weighted by molar-refractivity contribution is 0.697. The SMILES string of the molecule is c1ccc2c(c1)CCN(c1nncc(NCc3ccncc3)n1)C2. The van der Waals surface area contributed by atoms with Crippen molar-refractivity contribution in [3.63, 3.8) is 0 Å². The number of aromatic nitrogens is 4. The Morgan fingerprint density at radius 3 is 2.75 bits per heavy atom. The van der Waals surface area contributed by atoms with Crippen molar-refractivity contribution in [2.75, 3.05) is 16.8 Å². The molecule has 0 radical (unpaired) electrons. The van der Waals surface area contributed by atoms with E-state index in [2.05, 4.69) is 54.6 Å². The summed E-state index contributed by atoms with van der Waals surface area (Å²) in [6.07, 6.45) is 6.23. The van der Waals surface area contributed by atoms with E-state index in [0.29, 0.717) is 12.5 Å². The van der Waals surface area contributed by atoms with E-state index in [4.69, 9.17) is 0 Å². The van der Waals surface area contributed by atoms with E-state index in [1.807, 2.05) is 12.1 Å². The minimum absolute atomic E-state index is 0.671. The lowest BCUT2D eigenvalue weighted by Gasteiger charge is -2.28. The van der Waals surface area contributed by atoms with E-state index >= 15 is 0 Å². The zero-order valence-corrected chi connectivity index (χ0v) is 13.3. The zero-order valence-electron chi connectivity index (χ0n) is 13.3. The first-order chi connectivity index (χ1) is 11.9. The molecule has 4 rings (SSSR count). The van der Waals surface area contributed by atoms with Crippen LogP contribution < -0.4 is 10.2 Å². The number of pyridine rings is 1. The van der Waals surface area contributed by atoms with Gasteiger partial charge in [-0.3, -0.25) is 4.98 Å². The monoisotopic (exact) mass is 318 g/mol. The average molecular weight is 318 g/mol. The van der Waals surface area contributed by atoms with Gasteiger partial charge in [-0.2, -0.15) is 10.1 Å². The molecule has 0 bridgehead atoms. The van der Waals surface area contributed by atoms with Crippen LogP contribution in [-0.4, -0.2) is 26.7 Å². The molecule has 2 aromatic heterocycles. The number of hydrogen-bond donors (Lipinski definition) is 1. The molecule has 0 aliphatic carbocycles. The summed E-state index contributed by atoms with van der Waals surface area (Å²) >= 11 is 0. The van der Waals surface area contributed by atoms with Gasteiger partial charge in [0.1, 0.15) is 0 Å². The summed E-state index contributed by atoms with van der Waals surface area (Å²) in [4.78, 5) is 10.8. The minimum atomic E-state index is 0.671. The molecule has 1 aromatic carbocycles.